The molecule has 0 bridgehead atoms. The minimum absolute atomic E-state index is 0.428. The molecule has 1 heterocycles. The first kappa shape index (κ1) is 10.6. The highest BCUT2D eigenvalue weighted by atomic mass is 16.1. The monoisotopic (exact) mass is 236 g/mol. The lowest BCUT2D eigenvalue weighted by Crippen LogP contribution is -2.13. The molecule has 3 N–H and O–H groups in total. The molecule has 0 atom stereocenters. The second-order valence-electron chi connectivity index (χ2n) is 4.16. The van der Waals surface area contributed by atoms with Crippen molar-refractivity contribution in [1.82, 2.24) is 0 Å². The van der Waals surface area contributed by atoms with E-state index in [2.05, 4.69) is 5.32 Å². The molecule has 88 valence electrons. The number of para-hydroxylation sites is 1. The number of carbonyl (C=O) groups is 1. The first-order chi connectivity index (χ1) is 8.77. The maximum Gasteiger partial charge on any atom is 0.250 e. The van der Waals surface area contributed by atoms with Gasteiger partial charge in [-0.15, -0.1) is 0 Å². The number of hydrogen-bond acceptors (Lipinski definition) is 2. The summed E-state index contributed by atoms with van der Waals surface area (Å²) in [6.07, 6.45) is 1.67. The second-order valence-corrected chi connectivity index (χ2v) is 4.16. The quantitative estimate of drug-likeness (QED) is 0.799. The van der Waals surface area contributed by atoms with Gasteiger partial charge in [-0.2, -0.15) is 0 Å². The van der Waals surface area contributed by atoms with Gasteiger partial charge in [0.05, 0.1) is 5.57 Å². The summed E-state index contributed by atoms with van der Waals surface area (Å²) in [7, 11) is 0. The van der Waals surface area contributed by atoms with Gasteiger partial charge in [0.2, 0.25) is 0 Å². The van der Waals surface area contributed by atoms with E-state index in [1.54, 1.807) is 6.20 Å². The van der Waals surface area contributed by atoms with Crippen molar-refractivity contribution in [3.05, 3.63) is 60.3 Å². The molecule has 3 nitrogen and oxygen atoms in total. The fourth-order valence-electron chi connectivity index (χ4n) is 2.23. The summed E-state index contributed by atoms with van der Waals surface area (Å²) >= 11 is 0. The molecule has 2 aromatic rings. The van der Waals surface area contributed by atoms with E-state index in [4.69, 9.17) is 5.73 Å². The number of benzene rings is 2. The number of rotatable bonds is 1. The average Bonchev–Trinajstić information content (AvgIpc) is 2.56. The zero-order valence-electron chi connectivity index (χ0n) is 9.68. The highest BCUT2D eigenvalue weighted by Gasteiger charge is 2.18. The first-order valence-electron chi connectivity index (χ1n) is 5.72. The molecule has 0 spiro atoms. The molecule has 3 heteroatoms. The highest BCUT2D eigenvalue weighted by Crippen LogP contribution is 2.36. The molecule has 1 aliphatic rings. The van der Waals surface area contributed by atoms with E-state index in [-0.39, 0.29) is 0 Å². The van der Waals surface area contributed by atoms with Crippen molar-refractivity contribution >= 4 is 17.2 Å². The number of nitrogens with one attached hydrogen (secondary N) is 1. The summed E-state index contributed by atoms with van der Waals surface area (Å²) in [6, 6.07) is 15.7. The van der Waals surface area contributed by atoms with Crippen LogP contribution in [0.3, 0.4) is 0 Å². The van der Waals surface area contributed by atoms with Gasteiger partial charge in [-0.25, -0.2) is 0 Å². The number of carbonyl (C=O) groups excluding carboxylic acids is 1. The van der Waals surface area contributed by atoms with E-state index in [9.17, 15) is 4.79 Å². The minimum Gasteiger partial charge on any atom is -0.366 e. The SMILES string of the molecule is NC(=O)C1=CNc2ccccc2-c2ccccc21. The van der Waals surface area contributed by atoms with Crippen molar-refractivity contribution in [1.29, 1.82) is 0 Å². The van der Waals surface area contributed by atoms with Crippen LogP contribution >= 0.6 is 0 Å². The van der Waals surface area contributed by atoms with Gasteiger partial charge in [-0.3, -0.25) is 4.79 Å². The number of primary amides is 1. The molecule has 0 aliphatic carbocycles. The van der Waals surface area contributed by atoms with Crippen molar-refractivity contribution in [2.75, 3.05) is 5.32 Å². The van der Waals surface area contributed by atoms with E-state index in [0.29, 0.717) is 5.57 Å². The molecule has 0 fully saturated rings. The summed E-state index contributed by atoms with van der Waals surface area (Å²) in [6.45, 7) is 0. The van der Waals surface area contributed by atoms with Gasteiger partial charge < -0.3 is 11.1 Å². The Kier molecular flexibility index (Phi) is 2.38. The molecule has 0 unspecified atom stereocenters. The Bertz CT molecular complexity index is 659. The molecule has 1 amide bonds. The smallest absolute Gasteiger partial charge is 0.250 e. The van der Waals surface area contributed by atoms with Gasteiger partial charge >= 0.3 is 0 Å². The summed E-state index contributed by atoms with van der Waals surface area (Å²) < 4.78 is 0. The molecule has 2 aromatic carbocycles. The van der Waals surface area contributed by atoms with Crippen molar-refractivity contribution < 1.29 is 4.79 Å². The molecule has 3 rings (SSSR count). The van der Waals surface area contributed by atoms with Gasteiger partial charge in [0, 0.05) is 17.5 Å². The normalized spacial score (nSPS) is 12.6. The zero-order valence-corrected chi connectivity index (χ0v) is 9.68. The van der Waals surface area contributed by atoms with E-state index in [1.807, 2.05) is 48.5 Å². The van der Waals surface area contributed by atoms with Crippen LogP contribution in [0.2, 0.25) is 0 Å². The maximum atomic E-state index is 11.5. The van der Waals surface area contributed by atoms with Crippen LogP contribution in [0.5, 0.6) is 0 Å². The molecular formula is C15H12N2O. The van der Waals surface area contributed by atoms with Crippen LogP contribution < -0.4 is 11.1 Å². The van der Waals surface area contributed by atoms with Gasteiger partial charge in [-0.05, 0) is 17.2 Å². The molecule has 0 radical (unpaired) electrons. The Labute approximate surface area is 105 Å². The third-order valence-corrected chi connectivity index (χ3v) is 3.07. The van der Waals surface area contributed by atoms with Gasteiger partial charge in [0.1, 0.15) is 0 Å². The Hall–Kier alpha value is -2.55. The van der Waals surface area contributed by atoms with E-state index >= 15 is 0 Å². The fraction of sp³-hybridized carbons (Fsp3) is 0. The minimum atomic E-state index is -0.428. The zero-order chi connectivity index (χ0) is 12.5. The Morgan fingerprint density at radius 1 is 0.889 bits per heavy atom. The van der Waals surface area contributed by atoms with Gasteiger partial charge in [0.25, 0.3) is 5.91 Å². The van der Waals surface area contributed by atoms with Crippen molar-refractivity contribution in [3.63, 3.8) is 0 Å². The van der Waals surface area contributed by atoms with Crippen LogP contribution in [0.15, 0.2) is 54.7 Å². The molecule has 0 saturated heterocycles. The summed E-state index contributed by atoms with van der Waals surface area (Å²) in [5, 5.41) is 3.14. The van der Waals surface area contributed by atoms with Crippen molar-refractivity contribution in [2.24, 2.45) is 5.73 Å². The van der Waals surface area contributed by atoms with Crippen LogP contribution in [0.1, 0.15) is 5.56 Å². The predicted molar refractivity (Wildman–Crippen MR) is 72.7 cm³/mol. The van der Waals surface area contributed by atoms with Gasteiger partial charge in [-0.1, -0.05) is 42.5 Å². The predicted octanol–water partition coefficient (Wildman–Crippen LogP) is 2.61. The second kappa shape index (κ2) is 4.04. The van der Waals surface area contributed by atoms with Crippen LogP contribution in [-0.2, 0) is 4.79 Å². The van der Waals surface area contributed by atoms with Crippen LogP contribution in [-0.4, -0.2) is 5.91 Å². The lowest BCUT2D eigenvalue weighted by atomic mass is 9.95. The summed E-state index contributed by atoms with van der Waals surface area (Å²) in [5.74, 6) is -0.428. The van der Waals surface area contributed by atoms with E-state index in [1.165, 1.54) is 0 Å². The number of nitrogens with two attached hydrogens (primary N) is 1. The number of fused-ring (bicyclic) bond motifs is 3. The average molecular weight is 236 g/mol. The summed E-state index contributed by atoms with van der Waals surface area (Å²) in [5.41, 5.74) is 9.86. The third-order valence-electron chi connectivity index (χ3n) is 3.07. The number of hydrogen-bond donors (Lipinski definition) is 2. The highest BCUT2D eigenvalue weighted by molar-refractivity contribution is 6.21. The fourth-order valence-corrected chi connectivity index (χ4v) is 2.23. The lowest BCUT2D eigenvalue weighted by molar-refractivity contribution is -0.112. The summed E-state index contributed by atoms with van der Waals surface area (Å²) in [4.78, 5) is 11.5. The number of amides is 1. The van der Waals surface area contributed by atoms with Crippen molar-refractivity contribution in [2.45, 2.75) is 0 Å². The standard InChI is InChI=1S/C15H12N2O/c16-15(18)13-9-17-14-8-4-3-7-12(14)10-5-1-2-6-11(10)13/h1-9,17H,(H2,16,18). The van der Waals surface area contributed by atoms with Gasteiger partial charge in [0.15, 0.2) is 0 Å². The Morgan fingerprint density at radius 3 is 2.22 bits per heavy atom. The Morgan fingerprint density at radius 2 is 1.50 bits per heavy atom. The van der Waals surface area contributed by atoms with Crippen LogP contribution in [0, 0.1) is 0 Å². The topological polar surface area (TPSA) is 55.1 Å². The first-order valence-corrected chi connectivity index (χ1v) is 5.72. The third kappa shape index (κ3) is 1.57. The van der Waals surface area contributed by atoms with Crippen LogP contribution in [0.25, 0.3) is 16.7 Å². The lowest BCUT2D eigenvalue weighted by Gasteiger charge is -2.09. The van der Waals surface area contributed by atoms with E-state index in [0.717, 1.165) is 22.4 Å². The molecule has 0 aromatic heterocycles. The molecular weight excluding hydrogens is 224 g/mol. The molecule has 18 heavy (non-hydrogen) atoms. The Balaban J connectivity index is 2.32. The molecule has 1 aliphatic heterocycles. The van der Waals surface area contributed by atoms with Crippen molar-refractivity contribution in [3.8, 4) is 11.1 Å². The maximum absolute atomic E-state index is 11.5. The van der Waals surface area contributed by atoms with Crippen LogP contribution in [0.4, 0.5) is 5.69 Å². The largest absolute Gasteiger partial charge is 0.366 e. The number of anilines is 1. The van der Waals surface area contributed by atoms with E-state index < -0.39 is 5.91 Å². The molecule has 0 saturated carbocycles.